The molecule has 0 bridgehead atoms. The van der Waals surface area contributed by atoms with Crippen molar-refractivity contribution in [1.82, 2.24) is 0 Å². The molecule has 0 heterocycles. The molecule has 0 spiro atoms. The van der Waals surface area contributed by atoms with Gasteiger partial charge in [0, 0.05) is 0 Å². The zero-order valence-corrected chi connectivity index (χ0v) is 13.4. The maximum atomic E-state index is 12.1. The van der Waals surface area contributed by atoms with Gasteiger partial charge in [-0.05, 0) is 0 Å². The van der Waals surface area contributed by atoms with E-state index in [1.165, 1.54) is 12.0 Å². The normalized spacial score (nSPS) is 13.9. The first-order valence-corrected chi connectivity index (χ1v) is 9.43. The topological polar surface area (TPSA) is 17.1 Å². The fourth-order valence-corrected chi connectivity index (χ4v) is 4.55. The van der Waals surface area contributed by atoms with Crippen molar-refractivity contribution in [2.45, 2.75) is 45.4 Å². The molecule has 100 valence electrons. The van der Waals surface area contributed by atoms with Crippen molar-refractivity contribution in [3.05, 3.63) is 42.0 Å². The quantitative estimate of drug-likeness (QED) is 0.547. The molecule has 0 fully saturated rings. The Bertz CT molecular complexity index is 391. The molecule has 0 N–H and O–H groups in total. The van der Waals surface area contributed by atoms with Crippen LogP contribution in [0.2, 0.25) is 5.32 Å². The molecule has 0 radical (unpaired) electrons. The molecule has 0 aromatic heterocycles. The van der Waals surface area contributed by atoms with E-state index >= 15 is 0 Å². The van der Waals surface area contributed by atoms with Crippen molar-refractivity contribution >= 4 is 18.3 Å². The Hall–Kier alpha value is -0.721. The molecule has 1 aromatic carbocycles. The van der Waals surface area contributed by atoms with E-state index in [-0.39, 0.29) is 0 Å². The van der Waals surface area contributed by atoms with Crippen LogP contribution >= 0.6 is 0 Å². The summed E-state index contributed by atoms with van der Waals surface area (Å²) >= 11 is -1.80. The maximum absolute atomic E-state index is 12.1. The van der Waals surface area contributed by atoms with Gasteiger partial charge in [0.15, 0.2) is 0 Å². The molecule has 0 aliphatic carbocycles. The predicted octanol–water partition coefficient (Wildman–Crippen LogP) is 4.09. The van der Waals surface area contributed by atoms with Crippen LogP contribution in [0.15, 0.2) is 42.0 Å². The first kappa shape index (κ1) is 15.3. The van der Waals surface area contributed by atoms with Crippen LogP contribution in [0.1, 0.15) is 40.0 Å². The molecule has 0 amide bonds. The van der Waals surface area contributed by atoms with Gasteiger partial charge in [-0.1, -0.05) is 0 Å². The number of hydrogen-bond donors (Lipinski definition) is 0. The zero-order valence-electron chi connectivity index (χ0n) is 11.7. The van der Waals surface area contributed by atoms with Crippen molar-refractivity contribution in [3.63, 3.8) is 0 Å². The monoisotopic (exact) mass is 312 g/mol. The first-order chi connectivity index (χ1) is 8.59. The molecule has 0 saturated heterocycles. The molecule has 0 aliphatic heterocycles. The summed E-state index contributed by atoms with van der Waals surface area (Å²) in [5, 5.41) is 0.875. The van der Waals surface area contributed by atoms with Gasteiger partial charge in [0.1, 0.15) is 0 Å². The SMILES string of the molecule is CC(C)=CCC[C@@H](C)CC[Se](=O)c1ccccc1. The minimum absolute atomic E-state index is 0.671. The average Bonchev–Trinajstić information content (AvgIpc) is 2.36. The Labute approximate surface area is 115 Å². The second-order valence-corrected chi connectivity index (χ2v) is 8.41. The standard InChI is InChI=1S/C16H24OSe/c1-14(2)8-7-9-15(3)12-13-18(17)16-10-5-4-6-11-16/h4-6,8,10-11,15H,7,9,12-13H2,1-3H3/t15-,18?/m1/s1. The van der Waals surface area contributed by atoms with Crippen LogP contribution in [0, 0.1) is 5.92 Å². The van der Waals surface area contributed by atoms with Crippen LogP contribution in [0.4, 0.5) is 0 Å². The third kappa shape index (κ3) is 6.28. The van der Waals surface area contributed by atoms with Gasteiger partial charge in [-0.15, -0.1) is 0 Å². The summed E-state index contributed by atoms with van der Waals surface area (Å²) < 4.78 is 13.2. The van der Waals surface area contributed by atoms with Crippen molar-refractivity contribution in [2.75, 3.05) is 0 Å². The summed E-state index contributed by atoms with van der Waals surface area (Å²) in [5.41, 5.74) is 1.39. The van der Waals surface area contributed by atoms with Crippen LogP contribution in [0.25, 0.3) is 0 Å². The fourth-order valence-electron chi connectivity index (χ4n) is 1.80. The molecule has 0 aliphatic rings. The van der Waals surface area contributed by atoms with Gasteiger partial charge in [0.05, 0.1) is 0 Å². The zero-order chi connectivity index (χ0) is 13.4. The predicted molar refractivity (Wildman–Crippen MR) is 79.8 cm³/mol. The van der Waals surface area contributed by atoms with Crippen LogP contribution in [-0.4, -0.2) is 13.8 Å². The summed E-state index contributed by atoms with van der Waals surface area (Å²) in [7, 11) is 0. The minimum atomic E-state index is -1.80. The first-order valence-electron chi connectivity index (χ1n) is 6.66. The molecule has 1 rings (SSSR count). The Balaban J connectivity index is 2.28. The molecule has 1 nitrogen and oxygen atoms in total. The molecule has 0 saturated carbocycles. The molecular weight excluding hydrogens is 287 g/mol. The summed E-state index contributed by atoms with van der Waals surface area (Å²) in [5.74, 6) is 0.671. The number of allylic oxidation sites excluding steroid dienone is 2. The van der Waals surface area contributed by atoms with Gasteiger partial charge in [0.2, 0.25) is 0 Å². The van der Waals surface area contributed by atoms with Crippen molar-refractivity contribution in [3.8, 4) is 0 Å². The summed E-state index contributed by atoms with van der Waals surface area (Å²) in [6, 6.07) is 9.91. The van der Waals surface area contributed by atoms with Crippen molar-refractivity contribution in [2.24, 2.45) is 5.92 Å². The van der Waals surface area contributed by atoms with Gasteiger partial charge in [-0.25, -0.2) is 0 Å². The molecule has 1 aromatic rings. The van der Waals surface area contributed by atoms with E-state index < -0.39 is 13.8 Å². The average molecular weight is 311 g/mol. The Morgan fingerprint density at radius 3 is 2.50 bits per heavy atom. The van der Waals surface area contributed by atoms with E-state index in [1.54, 1.807) is 0 Å². The summed E-state index contributed by atoms with van der Waals surface area (Å²) in [6.45, 7) is 6.54. The van der Waals surface area contributed by atoms with E-state index in [2.05, 4.69) is 26.8 Å². The Morgan fingerprint density at radius 1 is 1.22 bits per heavy atom. The molecule has 18 heavy (non-hydrogen) atoms. The Morgan fingerprint density at radius 2 is 1.89 bits per heavy atom. The number of hydrogen-bond acceptors (Lipinski definition) is 1. The van der Waals surface area contributed by atoms with Crippen LogP contribution in [0.5, 0.6) is 0 Å². The van der Waals surface area contributed by atoms with Crippen LogP contribution in [-0.2, 0) is 3.83 Å². The van der Waals surface area contributed by atoms with E-state index in [4.69, 9.17) is 0 Å². The van der Waals surface area contributed by atoms with E-state index in [0.717, 1.165) is 22.6 Å². The van der Waals surface area contributed by atoms with Gasteiger partial charge < -0.3 is 0 Å². The van der Waals surface area contributed by atoms with Crippen LogP contribution < -0.4 is 4.46 Å². The van der Waals surface area contributed by atoms with Crippen molar-refractivity contribution in [1.29, 1.82) is 0 Å². The molecular formula is C16H24OSe. The second kappa shape index (κ2) is 8.39. The van der Waals surface area contributed by atoms with Gasteiger partial charge >= 0.3 is 115 Å². The molecule has 1 unspecified atom stereocenters. The Kier molecular flexibility index (Phi) is 7.15. The number of rotatable bonds is 7. The molecule has 2 heteroatoms. The van der Waals surface area contributed by atoms with Crippen LogP contribution in [0.3, 0.4) is 0 Å². The van der Waals surface area contributed by atoms with Gasteiger partial charge in [0.25, 0.3) is 0 Å². The third-order valence-corrected chi connectivity index (χ3v) is 5.96. The summed E-state index contributed by atoms with van der Waals surface area (Å²) in [4.78, 5) is 0. The van der Waals surface area contributed by atoms with E-state index in [0.29, 0.717) is 5.92 Å². The summed E-state index contributed by atoms with van der Waals surface area (Å²) in [6.07, 6.45) is 5.73. The van der Waals surface area contributed by atoms with Gasteiger partial charge in [-0.2, -0.15) is 0 Å². The second-order valence-electron chi connectivity index (χ2n) is 5.12. The third-order valence-electron chi connectivity index (χ3n) is 3.01. The van der Waals surface area contributed by atoms with E-state index in [9.17, 15) is 3.83 Å². The fraction of sp³-hybridized carbons (Fsp3) is 0.500. The van der Waals surface area contributed by atoms with Gasteiger partial charge in [-0.3, -0.25) is 0 Å². The van der Waals surface area contributed by atoms with Crippen molar-refractivity contribution < 1.29 is 3.83 Å². The number of benzene rings is 1. The van der Waals surface area contributed by atoms with E-state index in [1.807, 2.05) is 30.3 Å². The molecule has 2 atom stereocenters.